The van der Waals surface area contributed by atoms with Gasteiger partial charge < -0.3 is 9.80 Å². The monoisotopic (exact) mass is 212 g/mol. The number of nitrogens with zero attached hydrogens (tertiary/aromatic N) is 2. The summed E-state index contributed by atoms with van der Waals surface area (Å²) in [5, 5.41) is 2.34. The zero-order valence-electron chi connectivity index (χ0n) is 9.20. The van der Waals surface area contributed by atoms with Crippen LogP contribution in [0.2, 0.25) is 0 Å². The van der Waals surface area contributed by atoms with Crippen LogP contribution in [0, 0.1) is 0 Å². The average Bonchev–Trinajstić information content (AvgIpc) is 2.65. The number of likely N-dealkylation sites (N-methyl/N-ethyl adjacent to an activating group) is 1. The van der Waals surface area contributed by atoms with Crippen molar-refractivity contribution in [3.05, 3.63) is 11.1 Å². The quantitative estimate of drug-likeness (QED) is 0.691. The van der Waals surface area contributed by atoms with E-state index in [1.54, 1.807) is 0 Å². The molecule has 0 aromatic heterocycles. The van der Waals surface area contributed by atoms with E-state index in [4.69, 9.17) is 0 Å². The zero-order chi connectivity index (χ0) is 9.97. The van der Waals surface area contributed by atoms with E-state index in [0.29, 0.717) is 0 Å². The second kappa shape index (κ2) is 4.58. The third kappa shape index (κ3) is 2.26. The van der Waals surface area contributed by atoms with Gasteiger partial charge in [0.25, 0.3) is 0 Å². The molecule has 1 atom stereocenters. The van der Waals surface area contributed by atoms with E-state index in [1.807, 2.05) is 11.8 Å². The van der Waals surface area contributed by atoms with E-state index in [1.165, 1.54) is 44.2 Å². The number of rotatable bonds is 2. The van der Waals surface area contributed by atoms with Crippen molar-refractivity contribution in [3.8, 4) is 0 Å². The van der Waals surface area contributed by atoms with Gasteiger partial charge in [0.1, 0.15) is 0 Å². The summed E-state index contributed by atoms with van der Waals surface area (Å²) in [7, 11) is 0. The summed E-state index contributed by atoms with van der Waals surface area (Å²) in [5.74, 6) is 0. The van der Waals surface area contributed by atoms with Crippen molar-refractivity contribution >= 4 is 11.8 Å². The molecule has 2 aliphatic heterocycles. The van der Waals surface area contributed by atoms with Crippen molar-refractivity contribution in [2.24, 2.45) is 0 Å². The Morgan fingerprint density at radius 1 is 1.36 bits per heavy atom. The van der Waals surface area contributed by atoms with E-state index < -0.39 is 0 Å². The van der Waals surface area contributed by atoms with Crippen molar-refractivity contribution in [2.75, 3.05) is 32.7 Å². The molecule has 3 heteroatoms. The maximum Gasteiger partial charge on any atom is 0.0670 e. The predicted molar refractivity (Wildman–Crippen MR) is 63.4 cm³/mol. The first kappa shape index (κ1) is 10.4. The van der Waals surface area contributed by atoms with Gasteiger partial charge in [0.15, 0.2) is 0 Å². The summed E-state index contributed by atoms with van der Waals surface area (Å²) in [6, 6.07) is 0. The van der Waals surface area contributed by atoms with Crippen molar-refractivity contribution < 1.29 is 0 Å². The first-order valence-corrected chi connectivity index (χ1v) is 6.51. The molecule has 0 aromatic carbocycles. The Morgan fingerprint density at radius 3 is 2.57 bits per heavy atom. The van der Waals surface area contributed by atoms with Gasteiger partial charge >= 0.3 is 0 Å². The van der Waals surface area contributed by atoms with Crippen LogP contribution >= 0.6 is 11.8 Å². The number of allylic oxidation sites excluding steroid dienone is 1. The Balaban J connectivity index is 1.84. The van der Waals surface area contributed by atoms with Crippen molar-refractivity contribution in [1.82, 2.24) is 9.80 Å². The maximum atomic E-state index is 2.56. The Kier molecular flexibility index (Phi) is 3.39. The van der Waals surface area contributed by atoms with Gasteiger partial charge in [0.05, 0.1) is 5.03 Å². The molecule has 0 saturated carbocycles. The highest BCUT2D eigenvalue weighted by molar-refractivity contribution is 8.03. The minimum absolute atomic E-state index is 0.800. The van der Waals surface area contributed by atoms with Gasteiger partial charge in [-0.25, -0.2) is 0 Å². The summed E-state index contributed by atoms with van der Waals surface area (Å²) in [5.41, 5.74) is 0. The first-order chi connectivity index (χ1) is 6.79. The summed E-state index contributed by atoms with van der Waals surface area (Å²) in [4.78, 5) is 5.08. The molecule has 2 heterocycles. The fourth-order valence-electron chi connectivity index (χ4n) is 2.06. The Morgan fingerprint density at radius 2 is 2.07 bits per heavy atom. The van der Waals surface area contributed by atoms with Crippen LogP contribution in [0.3, 0.4) is 0 Å². The molecular weight excluding hydrogens is 192 g/mol. The minimum Gasteiger partial charge on any atom is -0.364 e. The van der Waals surface area contributed by atoms with Crippen molar-refractivity contribution in [2.45, 2.75) is 25.5 Å². The number of piperazine rings is 1. The van der Waals surface area contributed by atoms with Crippen LogP contribution in [0.15, 0.2) is 11.1 Å². The summed E-state index contributed by atoms with van der Waals surface area (Å²) in [6.45, 7) is 10.7. The van der Waals surface area contributed by atoms with Gasteiger partial charge in [0, 0.05) is 31.4 Å². The van der Waals surface area contributed by atoms with E-state index >= 15 is 0 Å². The lowest BCUT2D eigenvalue weighted by Gasteiger charge is -2.35. The van der Waals surface area contributed by atoms with Gasteiger partial charge in [-0.2, -0.15) is 0 Å². The highest BCUT2D eigenvalue weighted by Crippen LogP contribution is 2.34. The molecule has 14 heavy (non-hydrogen) atoms. The van der Waals surface area contributed by atoms with Gasteiger partial charge in [-0.1, -0.05) is 19.9 Å². The van der Waals surface area contributed by atoms with E-state index in [9.17, 15) is 0 Å². The lowest BCUT2D eigenvalue weighted by molar-refractivity contribution is 0.172. The topological polar surface area (TPSA) is 6.48 Å². The molecule has 0 aromatic rings. The number of hydrogen-bond acceptors (Lipinski definition) is 3. The lowest BCUT2D eigenvalue weighted by Crippen LogP contribution is -2.44. The Bertz CT molecular complexity index is 219. The standard InChI is InChI=1S/C11H20N2S/c1-3-12-6-8-13(9-7-12)11-5-4-10(2)14-11/h5,10H,3-4,6-9H2,1-2H3/t10-/m1/s1. The molecule has 2 nitrogen and oxygen atoms in total. The fraction of sp³-hybridized carbons (Fsp3) is 0.818. The normalized spacial score (nSPS) is 29.4. The molecule has 0 amide bonds. The molecule has 0 unspecified atom stereocenters. The third-order valence-corrected chi connectivity index (χ3v) is 4.34. The molecular formula is C11H20N2S. The van der Waals surface area contributed by atoms with Crippen LogP contribution in [-0.2, 0) is 0 Å². The summed E-state index contributed by atoms with van der Waals surface area (Å²) in [6.07, 6.45) is 3.67. The first-order valence-electron chi connectivity index (χ1n) is 5.63. The Labute approximate surface area is 91.3 Å². The second-order valence-corrected chi connectivity index (χ2v) is 5.59. The maximum absolute atomic E-state index is 2.56. The average molecular weight is 212 g/mol. The molecule has 0 spiro atoms. The van der Waals surface area contributed by atoms with Crippen LogP contribution in [0.1, 0.15) is 20.3 Å². The van der Waals surface area contributed by atoms with Gasteiger partial charge in [-0.05, 0) is 13.0 Å². The molecule has 1 fully saturated rings. The van der Waals surface area contributed by atoms with Gasteiger partial charge in [-0.3, -0.25) is 0 Å². The van der Waals surface area contributed by atoms with Crippen LogP contribution in [-0.4, -0.2) is 47.8 Å². The molecule has 1 saturated heterocycles. The van der Waals surface area contributed by atoms with Gasteiger partial charge in [0.2, 0.25) is 0 Å². The summed E-state index contributed by atoms with van der Waals surface area (Å²) < 4.78 is 0. The minimum atomic E-state index is 0.800. The smallest absolute Gasteiger partial charge is 0.0670 e. The van der Waals surface area contributed by atoms with Crippen LogP contribution < -0.4 is 0 Å². The molecule has 0 bridgehead atoms. The highest BCUT2D eigenvalue weighted by Gasteiger charge is 2.22. The highest BCUT2D eigenvalue weighted by atomic mass is 32.2. The van der Waals surface area contributed by atoms with Crippen molar-refractivity contribution in [1.29, 1.82) is 0 Å². The van der Waals surface area contributed by atoms with Gasteiger partial charge in [-0.15, -0.1) is 11.8 Å². The molecule has 2 aliphatic rings. The van der Waals surface area contributed by atoms with Crippen LogP contribution in [0.5, 0.6) is 0 Å². The number of hydrogen-bond donors (Lipinski definition) is 0. The largest absolute Gasteiger partial charge is 0.364 e. The SMILES string of the molecule is CCN1CCN(C2=CC[C@@H](C)S2)CC1. The molecule has 0 radical (unpaired) electrons. The lowest BCUT2D eigenvalue weighted by atomic mass is 10.3. The van der Waals surface area contributed by atoms with Crippen LogP contribution in [0.25, 0.3) is 0 Å². The zero-order valence-corrected chi connectivity index (χ0v) is 10.0. The van der Waals surface area contributed by atoms with Crippen LogP contribution in [0.4, 0.5) is 0 Å². The third-order valence-electron chi connectivity index (χ3n) is 3.08. The molecule has 0 N–H and O–H groups in total. The van der Waals surface area contributed by atoms with E-state index in [-0.39, 0.29) is 0 Å². The van der Waals surface area contributed by atoms with Crippen molar-refractivity contribution in [3.63, 3.8) is 0 Å². The molecule has 0 aliphatic carbocycles. The van der Waals surface area contributed by atoms with E-state index in [2.05, 4.69) is 29.7 Å². The van der Waals surface area contributed by atoms with E-state index in [0.717, 1.165) is 5.25 Å². The summed E-state index contributed by atoms with van der Waals surface area (Å²) >= 11 is 2.05. The fourth-order valence-corrected chi connectivity index (χ4v) is 3.19. The molecule has 2 rings (SSSR count). The molecule has 80 valence electrons. The predicted octanol–water partition coefficient (Wildman–Crippen LogP) is 1.99. The Hall–Kier alpha value is -0.150. The number of thioether (sulfide) groups is 1. The second-order valence-electron chi connectivity index (χ2n) is 4.13.